The molecule has 145 heavy (non-hydrogen) atoms. The number of fused-ring (bicyclic) bond motifs is 9. The van der Waals surface area contributed by atoms with E-state index in [1.165, 1.54) is 71.8 Å². The maximum Gasteiger partial charge on any atom is 2.00 e. The van der Waals surface area contributed by atoms with Crippen molar-refractivity contribution in [1.29, 1.82) is 0 Å². The summed E-state index contributed by atoms with van der Waals surface area (Å²) >= 11 is 0. The first-order chi connectivity index (χ1) is 69.7. The van der Waals surface area contributed by atoms with Crippen molar-refractivity contribution in [3.63, 3.8) is 0 Å². The van der Waals surface area contributed by atoms with Crippen LogP contribution in [0.2, 0.25) is 0 Å². The van der Waals surface area contributed by atoms with Crippen molar-refractivity contribution in [3.8, 4) is 153 Å². The molecule has 23 aromatic rings. The van der Waals surface area contributed by atoms with Crippen LogP contribution in [-0.4, -0.2) is 64.9 Å². The van der Waals surface area contributed by atoms with Crippen molar-refractivity contribution in [3.05, 3.63) is 501 Å². The van der Waals surface area contributed by atoms with E-state index < -0.39 is 0 Å². The number of pyridine rings is 6. The molecule has 0 saturated carbocycles. The van der Waals surface area contributed by atoms with Crippen molar-refractivity contribution in [2.24, 2.45) is 0 Å². The van der Waals surface area contributed by atoms with E-state index >= 15 is 0 Å². The topological polar surface area (TPSA) is 120 Å². The van der Waals surface area contributed by atoms with E-state index in [2.05, 4.69) is 354 Å². The van der Waals surface area contributed by atoms with Gasteiger partial charge in [-0.3, -0.25) is 17.8 Å². The molecule has 0 atom stereocenters. The second-order valence-corrected chi connectivity index (χ2v) is 33.6. The quantitative estimate of drug-likeness (QED) is 0.0774. The summed E-state index contributed by atoms with van der Waals surface area (Å²) < 4.78 is 21.8. The largest absolute Gasteiger partial charge is 2.00 e. The second-order valence-electron chi connectivity index (χ2n) is 33.6. The zero-order valence-corrected chi connectivity index (χ0v) is 87.4. The van der Waals surface area contributed by atoms with Gasteiger partial charge in [0.05, 0.1) is 32.4 Å². The predicted octanol–water partition coefficient (Wildman–Crippen LogP) is 29.9. The van der Waals surface area contributed by atoms with Crippen LogP contribution in [0.4, 0.5) is 0 Å². The Hall–Kier alpha value is -16.9. The molecule has 0 radical (unpaired) electrons. The minimum absolute atomic E-state index is 0. The number of methoxy groups -OCH3 is 3. The number of ether oxygens (including phenoxy) is 3. The van der Waals surface area contributed by atoms with Gasteiger partial charge in [0.25, 0.3) is 0 Å². The van der Waals surface area contributed by atoms with Crippen molar-refractivity contribution >= 4 is 65.7 Å². The molecule has 0 N–H and O–H groups in total. The average Bonchev–Trinajstić information content (AvgIpc) is 1.60. The van der Waals surface area contributed by atoms with Crippen molar-refractivity contribution in [1.82, 2.24) is 43.6 Å². The van der Waals surface area contributed by atoms with Gasteiger partial charge in [-0.05, 0) is 249 Å². The van der Waals surface area contributed by atoms with Crippen LogP contribution in [0.3, 0.4) is 0 Å². The molecule has 0 aliphatic rings. The number of hydrogen-bond acceptors (Lipinski definition) is 9. The molecule has 9 heterocycles. The molecule has 0 spiro atoms. The van der Waals surface area contributed by atoms with Crippen LogP contribution in [0.1, 0.15) is 44.5 Å². The summed E-state index contributed by atoms with van der Waals surface area (Å²) in [6.45, 7) is 10.7. The molecule has 706 valence electrons. The molecule has 0 aliphatic heterocycles. The molecule has 15 heteroatoms. The Morgan fingerprint density at radius 2 is 0.724 bits per heavy atom. The Morgan fingerprint density at radius 1 is 0.276 bits per heavy atom. The van der Waals surface area contributed by atoms with Gasteiger partial charge in [0, 0.05) is 69.8 Å². The van der Waals surface area contributed by atoms with E-state index in [1.54, 1.807) is 51.7 Å². The van der Waals surface area contributed by atoms with E-state index in [-0.39, 0.29) is 63.2 Å². The van der Waals surface area contributed by atoms with Gasteiger partial charge in [0.15, 0.2) is 5.75 Å². The van der Waals surface area contributed by atoms with Crippen molar-refractivity contribution < 1.29 is 77.4 Å². The summed E-state index contributed by atoms with van der Waals surface area (Å²) in [4.78, 5) is 28.2. The third kappa shape index (κ3) is 23.1. The van der Waals surface area contributed by atoms with Crippen molar-refractivity contribution in [2.75, 3.05) is 21.3 Å². The van der Waals surface area contributed by atoms with Crippen LogP contribution >= 0.6 is 0 Å². The van der Waals surface area contributed by atoms with Crippen LogP contribution in [0.15, 0.2) is 419 Å². The van der Waals surface area contributed by atoms with Gasteiger partial charge < -0.3 is 62.1 Å². The summed E-state index contributed by atoms with van der Waals surface area (Å²) in [6.07, 6.45) is 31.5. The number of para-hydroxylation sites is 3. The van der Waals surface area contributed by atoms with Gasteiger partial charge in [-0.25, -0.2) is 20.9 Å². The molecular weight excluding hydrogens is 2320 g/mol. The molecule has 14 aromatic carbocycles. The number of nitrogens with zero attached hydrogens (tertiary/aromatic N) is 9. The monoisotopic (exact) mass is 2410 g/mol. The standard InChI is InChI=1S/2C36H26N3.C28H18N3.C11H11O2.C10H5.C9H7O.3Pt/c1-24-20-29(26-10-4-3-5-11-26)21-25(2)35(24)28-17-19-37-33(23-28)27-12-8-13-30(22-27)39-34-16-7-6-14-31(34)32-15-9-18-38-36(32)39;1-24-20-29(26-10-4-3-5-11-26)21-25(2)36(24)28-17-19-37-32(22-28)27-15-16-31-30-12-6-7-13-33(30)39(34(31)23-27)35-14-8-9-18-38-35;1-2-9-20(10-3-1)21-17-22(26-13-6-7-15-29-26)19-23(18-21)31-27-14-5-4-11-24(27)25-12-8-16-30-28(25)31;1-5-9-6-8(2)11(13-4)10(7-9)12-3;1-2-3-7-10-8-5-4-6-9-10;1-3-8-4-6-9(10-2)7-5-8;;;/h3-21,23H,1-2H3;3-22H,1-2H3;1-18H;6-7H,2-4H3;4-6,8-9H;4-7H,2H3;;;/q6*-1;3*+2. The first-order valence-electron chi connectivity index (χ1n) is 46.3. The summed E-state index contributed by atoms with van der Waals surface area (Å²) in [5.41, 5.74) is 34.0. The smallest absolute Gasteiger partial charge is 0.497 e. The van der Waals surface area contributed by atoms with E-state index in [0.717, 1.165) is 145 Å². The predicted molar refractivity (Wildman–Crippen MR) is 578 cm³/mol. The molecular formula is C130H93N9O3Pt3. The molecule has 12 nitrogen and oxygen atoms in total. The summed E-state index contributed by atoms with van der Waals surface area (Å²) in [5.74, 6) is 14.8. The van der Waals surface area contributed by atoms with Gasteiger partial charge in [-0.2, -0.15) is 5.92 Å². The van der Waals surface area contributed by atoms with Gasteiger partial charge in [0.2, 0.25) is 0 Å². The van der Waals surface area contributed by atoms with Gasteiger partial charge in [-0.1, -0.05) is 235 Å². The SMILES string of the molecule is Cc1cc(-c2ccccc2)cc(C)c1-c1ccnc(-c2[c-]c(-n3c4ccccc4c4cccnc43)ccc2)c1.Cc1cc(-c2ccccc2)cc(C)c1-c1ccnc(-c2[c-]c3c(cc2)c2ccccc2n3-c2ccccn2)c1.[C-]#CC#Cc1ccccc1.[C-]#Cc1cc(C)c(OC)c(OC)c1.[C-]#Cc1ccc(OC)cc1.[Pt+2].[Pt+2].[Pt+2].[c-]1c(-c2ccccn2)cc(-c2ccccc2)cc1-n1c2ccccc2c2cccnc21. The van der Waals surface area contributed by atoms with Crippen LogP contribution < -0.4 is 14.2 Å². The molecule has 0 unspecified atom stereocenters. The Balaban J connectivity index is 0.000000140. The fraction of sp³-hybridized carbons (Fsp3) is 0.0615. The number of aryl methyl sites for hydroxylation is 5. The van der Waals surface area contributed by atoms with E-state index in [0.29, 0.717) is 17.1 Å². The summed E-state index contributed by atoms with van der Waals surface area (Å²) in [5, 5.41) is 6.98. The van der Waals surface area contributed by atoms with Crippen molar-refractivity contribution in [2.45, 2.75) is 34.6 Å². The summed E-state index contributed by atoms with van der Waals surface area (Å²) in [6, 6.07) is 141. The fourth-order valence-corrected chi connectivity index (χ4v) is 18.1. The molecule has 23 rings (SSSR count). The van der Waals surface area contributed by atoms with Crippen LogP contribution in [0, 0.1) is 102 Å². The fourth-order valence-electron chi connectivity index (χ4n) is 18.1. The van der Waals surface area contributed by atoms with Gasteiger partial charge in [-0.15, -0.1) is 107 Å². The summed E-state index contributed by atoms with van der Waals surface area (Å²) in [7, 11) is 4.78. The third-order valence-corrected chi connectivity index (χ3v) is 24.5. The normalized spacial score (nSPS) is 10.4. The Kier molecular flexibility index (Phi) is 34.3. The molecule has 0 aliphatic carbocycles. The van der Waals surface area contributed by atoms with E-state index in [9.17, 15) is 0 Å². The van der Waals surface area contributed by atoms with Gasteiger partial charge >= 0.3 is 63.2 Å². The maximum absolute atomic E-state index is 6.99. The molecule has 0 fully saturated rings. The maximum atomic E-state index is 6.99. The minimum atomic E-state index is 0. The number of aromatic nitrogens is 9. The molecule has 0 amide bonds. The van der Waals surface area contributed by atoms with Crippen LogP contribution in [-0.2, 0) is 63.2 Å². The van der Waals surface area contributed by atoms with Gasteiger partial charge in [0.1, 0.15) is 28.6 Å². The zero-order chi connectivity index (χ0) is 97.8. The Morgan fingerprint density at radius 3 is 1.21 bits per heavy atom. The van der Waals surface area contributed by atoms with Crippen LogP contribution in [0.25, 0.3) is 172 Å². The van der Waals surface area contributed by atoms with E-state index in [1.807, 2.05) is 141 Å². The third-order valence-electron chi connectivity index (χ3n) is 24.5. The first-order valence-corrected chi connectivity index (χ1v) is 46.3. The minimum Gasteiger partial charge on any atom is -0.497 e. The Bertz CT molecular complexity index is 8490. The molecule has 9 aromatic heterocycles. The number of rotatable bonds is 14. The second kappa shape index (κ2) is 48.5. The Labute approximate surface area is 889 Å². The number of hydrogen-bond donors (Lipinski definition) is 0. The first kappa shape index (κ1) is 102. The molecule has 0 saturated heterocycles. The van der Waals surface area contributed by atoms with E-state index in [4.69, 9.17) is 53.4 Å². The average molecular weight is 2410 g/mol. The zero-order valence-electron chi connectivity index (χ0n) is 80.5. The van der Waals surface area contributed by atoms with Crippen LogP contribution in [0.5, 0.6) is 17.2 Å². The number of benzene rings is 14. The molecule has 0 bridgehead atoms.